The topological polar surface area (TPSA) is 69.0 Å². The summed E-state index contributed by atoms with van der Waals surface area (Å²) in [6, 6.07) is 25.0. The zero-order valence-corrected chi connectivity index (χ0v) is 19.6. The van der Waals surface area contributed by atoms with Crippen LogP contribution in [0.15, 0.2) is 84.0 Å². The van der Waals surface area contributed by atoms with Gasteiger partial charge in [0.2, 0.25) is 5.91 Å². The van der Waals surface area contributed by atoms with Crippen LogP contribution in [0.25, 0.3) is 5.69 Å². The number of carbonyl (C=O) groups is 1. The fourth-order valence-corrected chi connectivity index (χ4v) is 4.20. The Balaban J connectivity index is 1.53. The van der Waals surface area contributed by atoms with Crippen LogP contribution in [-0.4, -0.2) is 33.0 Å². The minimum absolute atomic E-state index is 0.151. The van der Waals surface area contributed by atoms with E-state index in [1.807, 2.05) is 78.2 Å². The fourth-order valence-electron chi connectivity index (χ4n) is 3.30. The molecule has 6 nitrogen and oxygen atoms in total. The normalized spacial score (nSPS) is 10.7. The third-order valence-corrected chi connectivity index (χ3v) is 5.96. The average molecular weight is 479 g/mol. The van der Waals surface area contributed by atoms with Crippen LogP contribution in [-0.2, 0) is 11.2 Å². The second kappa shape index (κ2) is 11.0. The van der Waals surface area contributed by atoms with Crippen molar-refractivity contribution in [3.05, 3.63) is 95.3 Å². The maximum Gasteiger partial charge on any atom is 0.234 e. The third kappa shape index (κ3) is 5.94. The maximum atomic E-state index is 12.7. The van der Waals surface area contributed by atoms with E-state index >= 15 is 0 Å². The van der Waals surface area contributed by atoms with Gasteiger partial charge >= 0.3 is 0 Å². The largest absolute Gasteiger partial charge is 0.492 e. The van der Waals surface area contributed by atoms with Crippen molar-refractivity contribution in [2.45, 2.75) is 18.5 Å². The molecule has 0 saturated heterocycles. The second-order valence-corrected chi connectivity index (χ2v) is 8.52. The van der Waals surface area contributed by atoms with Crippen LogP contribution in [0.1, 0.15) is 18.3 Å². The number of hydrogen-bond acceptors (Lipinski definition) is 5. The molecule has 0 saturated carbocycles. The van der Waals surface area contributed by atoms with Crippen molar-refractivity contribution in [3.63, 3.8) is 0 Å². The maximum absolute atomic E-state index is 12.7. The predicted molar refractivity (Wildman–Crippen MR) is 133 cm³/mol. The molecule has 0 atom stereocenters. The highest BCUT2D eigenvalue weighted by Crippen LogP contribution is 2.27. The summed E-state index contributed by atoms with van der Waals surface area (Å²) < 4.78 is 7.56. The number of benzene rings is 3. The Morgan fingerprint density at radius 1 is 1.00 bits per heavy atom. The van der Waals surface area contributed by atoms with Crippen LogP contribution < -0.4 is 10.1 Å². The monoisotopic (exact) mass is 478 g/mol. The average Bonchev–Trinajstić information content (AvgIpc) is 3.22. The number of para-hydroxylation sites is 2. The molecule has 0 aliphatic heterocycles. The Labute approximate surface area is 202 Å². The first-order valence-corrected chi connectivity index (χ1v) is 11.9. The van der Waals surface area contributed by atoms with Crippen LogP contribution in [0.3, 0.4) is 0 Å². The summed E-state index contributed by atoms with van der Waals surface area (Å²) in [6.45, 7) is 2.43. The lowest BCUT2D eigenvalue weighted by Gasteiger charge is -2.12. The lowest BCUT2D eigenvalue weighted by molar-refractivity contribution is -0.113. The Morgan fingerprint density at radius 2 is 1.73 bits per heavy atom. The minimum atomic E-state index is -0.151. The smallest absolute Gasteiger partial charge is 0.234 e. The van der Waals surface area contributed by atoms with Crippen molar-refractivity contribution >= 4 is 35.0 Å². The number of hydrogen-bond donors (Lipinski definition) is 1. The molecule has 3 aromatic carbocycles. The lowest BCUT2D eigenvalue weighted by atomic mass is 10.1. The molecular formula is C25H23ClN4O2S. The van der Waals surface area contributed by atoms with Crippen LogP contribution in [0, 0.1) is 0 Å². The molecular weight excluding hydrogens is 456 g/mol. The Morgan fingerprint density at radius 3 is 2.48 bits per heavy atom. The number of aromatic nitrogens is 3. The minimum Gasteiger partial charge on any atom is -0.492 e. The van der Waals surface area contributed by atoms with Gasteiger partial charge in [-0.25, -0.2) is 0 Å². The standard InChI is InChI=1S/C25H23ClN4O2S/c1-2-32-22-11-7-6-10-21(22)27-24(31)17-33-25-29-28-23(16-18-8-4-3-5-9-18)30(25)20-14-12-19(26)13-15-20/h3-15H,2,16-17H2,1H3,(H,27,31). The van der Waals surface area contributed by atoms with Crippen molar-refractivity contribution < 1.29 is 9.53 Å². The predicted octanol–water partition coefficient (Wildman–Crippen LogP) is 5.64. The molecule has 0 unspecified atom stereocenters. The molecule has 0 spiro atoms. The number of nitrogens with one attached hydrogen (secondary N) is 1. The molecule has 1 N–H and O–H groups in total. The van der Waals surface area contributed by atoms with Crippen LogP contribution in [0.2, 0.25) is 5.02 Å². The van der Waals surface area contributed by atoms with E-state index < -0.39 is 0 Å². The summed E-state index contributed by atoms with van der Waals surface area (Å²) in [5.74, 6) is 1.46. The molecule has 1 aromatic heterocycles. The first-order valence-electron chi connectivity index (χ1n) is 10.5. The van der Waals surface area contributed by atoms with E-state index in [4.69, 9.17) is 16.3 Å². The lowest BCUT2D eigenvalue weighted by Crippen LogP contribution is -2.15. The summed E-state index contributed by atoms with van der Waals surface area (Å²) in [7, 11) is 0. The molecule has 33 heavy (non-hydrogen) atoms. The van der Waals surface area contributed by atoms with Crippen LogP contribution in [0.5, 0.6) is 5.75 Å². The molecule has 0 fully saturated rings. The number of halogens is 1. The third-order valence-electron chi connectivity index (χ3n) is 4.78. The highest BCUT2D eigenvalue weighted by Gasteiger charge is 2.17. The van der Waals surface area contributed by atoms with Crippen molar-refractivity contribution in [1.82, 2.24) is 14.8 Å². The number of anilines is 1. The SMILES string of the molecule is CCOc1ccccc1NC(=O)CSc1nnc(Cc2ccccc2)n1-c1ccc(Cl)cc1. The molecule has 4 rings (SSSR count). The van der Waals surface area contributed by atoms with Crippen molar-refractivity contribution in [3.8, 4) is 11.4 Å². The molecule has 1 amide bonds. The quantitative estimate of drug-likeness (QED) is 0.315. The van der Waals surface area contributed by atoms with E-state index in [0.717, 1.165) is 17.1 Å². The van der Waals surface area contributed by atoms with E-state index in [9.17, 15) is 4.79 Å². The van der Waals surface area contributed by atoms with Gasteiger partial charge in [-0.05, 0) is 48.9 Å². The summed E-state index contributed by atoms with van der Waals surface area (Å²) in [5.41, 5.74) is 2.66. The molecule has 0 aliphatic rings. The van der Waals surface area contributed by atoms with Crippen molar-refractivity contribution in [2.24, 2.45) is 0 Å². The number of nitrogens with zero attached hydrogens (tertiary/aromatic N) is 3. The zero-order chi connectivity index (χ0) is 23.0. The van der Waals surface area contributed by atoms with E-state index in [1.165, 1.54) is 11.8 Å². The Hall–Kier alpha value is -3.29. The fraction of sp³-hybridized carbons (Fsp3) is 0.160. The highest BCUT2D eigenvalue weighted by atomic mass is 35.5. The molecule has 8 heteroatoms. The summed E-state index contributed by atoms with van der Waals surface area (Å²) in [4.78, 5) is 12.7. The van der Waals surface area contributed by atoms with Gasteiger partial charge in [0.15, 0.2) is 5.16 Å². The van der Waals surface area contributed by atoms with Gasteiger partial charge in [0.25, 0.3) is 0 Å². The zero-order valence-electron chi connectivity index (χ0n) is 18.1. The number of ether oxygens (including phenoxy) is 1. The number of rotatable bonds is 9. The van der Waals surface area contributed by atoms with Gasteiger partial charge in [-0.2, -0.15) is 0 Å². The Bertz CT molecular complexity index is 1210. The van der Waals surface area contributed by atoms with E-state index in [-0.39, 0.29) is 11.7 Å². The summed E-state index contributed by atoms with van der Waals surface area (Å²) in [5, 5.41) is 13.0. The van der Waals surface area contributed by atoms with Gasteiger partial charge < -0.3 is 10.1 Å². The van der Waals surface area contributed by atoms with E-state index in [1.54, 1.807) is 0 Å². The summed E-state index contributed by atoms with van der Waals surface area (Å²) in [6.07, 6.45) is 0.616. The molecule has 0 radical (unpaired) electrons. The van der Waals surface area contributed by atoms with Gasteiger partial charge in [-0.3, -0.25) is 9.36 Å². The first-order chi connectivity index (χ1) is 16.1. The van der Waals surface area contributed by atoms with Crippen LogP contribution >= 0.6 is 23.4 Å². The molecule has 1 heterocycles. The second-order valence-electron chi connectivity index (χ2n) is 7.14. The van der Waals surface area contributed by atoms with E-state index in [0.29, 0.717) is 34.6 Å². The van der Waals surface area contributed by atoms with Gasteiger partial charge in [0.1, 0.15) is 11.6 Å². The van der Waals surface area contributed by atoms with Gasteiger partial charge in [0, 0.05) is 17.1 Å². The highest BCUT2D eigenvalue weighted by molar-refractivity contribution is 7.99. The van der Waals surface area contributed by atoms with Gasteiger partial charge in [-0.15, -0.1) is 10.2 Å². The summed E-state index contributed by atoms with van der Waals surface area (Å²) >= 11 is 7.42. The molecule has 4 aromatic rings. The van der Waals surface area contributed by atoms with Crippen molar-refractivity contribution in [1.29, 1.82) is 0 Å². The first kappa shape index (κ1) is 22.9. The van der Waals surface area contributed by atoms with Gasteiger partial charge in [-0.1, -0.05) is 65.8 Å². The number of thioether (sulfide) groups is 1. The molecule has 168 valence electrons. The Kier molecular flexibility index (Phi) is 7.65. The van der Waals surface area contributed by atoms with Crippen molar-refractivity contribution in [2.75, 3.05) is 17.7 Å². The number of amides is 1. The molecule has 0 aliphatic carbocycles. The van der Waals surface area contributed by atoms with Crippen LogP contribution in [0.4, 0.5) is 5.69 Å². The number of carbonyl (C=O) groups excluding carboxylic acids is 1. The van der Waals surface area contributed by atoms with Gasteiger partial charge in [0.05, 0.1) is 18.0 Å². The molecule has 0 bridgehead atoms. The van der Waals surface area contributed by atoms with E-state index in [2.05, 4.69) is 27.6 Å².